The van der Waals surface area contributed by atoms with Gasteiger partial charge in [0.2, 0.25) is 5.91 Å². The molecule has 0 bridgehead atoms. The predicted octanol–water partition coefficient (Wildman–Crippen LogP) is 3.85. The van der Waals surface area contributed by atoms with E-state index in [4.69, 9.17) is 23.2 Å². The maximum atomic E-state index is 12.4. The van der Waals surface area contributed by atoms with E-state index in [1.807, 2.05) is 0 Å². The minimum Gasteiger partial charge on any atom is -0.323 e. The average molecular weight is 338 g/mol. The van der Waals surface area contributed by atoms with Crippen LogP contribution in [-0.2, 0) is 17.5 Å². The molecule has 0 fully saturated rings. The number of benzene rings is 1. The molecule has 112 valence electrons. The normalized spacial score (nSPS) is 11.5. The number of nitrogens with zero attached hydrogens (tertiary/aromatic N) is 2. The Labute approximate surface area is 127 Å². The van der Waals surface area contributed by atoms with Crippen LogP contribution in [0.4, 0.5) is 18.9 Å². The molecule has 1 N–H and O–H groups in total. The van der Waals surface area contributed by atoms with Crippen LogP contribution in [-0.4, -0.2) is 15.7 Å². The summed E-state index contributed by atoms with van der Waals surface area (Å²) >= 11 is 11.6. The highest BCUT2D eigenvalue weighted by molar-refractivity contribution is 6.36. The van der Waals surface area contributed by atoms with Gasteiger partial charge in [-0.3, -0.25) is 9.48 Å². The van der Waals surface area contributed by atoms with E-state index in [9.17, 15) is 18.0 Å². The molecule has 0 atom stereocenters. The number of amides is 1. The van der Waals surface area contributed by atoms with Crippen LogP contribution in [0.5, 0.6) is 0 Å². The predicted molar refractivity (Wildman–Crippen MR) is 72.3 cm³/mol. The quantitative estimate of drug-likeness (QED) is 0.924. The number of alkyl halides is 3. The van der Waals surface area contributed by atoms with Crippen molar-refractivity contribution in [2.45, 2.75) is 12.7 Å². The van der Waals surface area contributed by atoms with Gasteiger partial charge in [0.05, 0.1) is 10.7 Å². The van der Waals surface area contributed by atoms with Gasteiger partial charge in [-0.05, 0) is 24.3 Å². The van der Waals surface area contributed by atoms with Gasteiger partial charge >= 0.3 is 6.18 Å². The molecule has 0 saturated heterocycles. The monoisotopic (exact) mass is 337 g/mol. The lowest BCUT2D eigenvalue weighted by molar-refractivity contribution is -0.141. The zero-order valence-corrected chi connectivity index (χ0v) is 11.8. The van der Waals surface area contributed by atoms with Gasteiger partial charge in [0, 0.05) is 11.2 Å². The summed E-state index contributed by atoms with van der Waals surface area (Å²) in [5, 5.41) is 6.37. The minimum atomic E-state index is -4.54. The Bertz CT molecular complexity index is 670. The molecule has 0 radical (unpaired) electrons. The third-order valence-corrected chi connectivity index (χ3v) is 2.99. The van der Waals surface area contributed by atoms with Crippen LogP contribution in [0.1, 0.15) is 5.69 Å². The molecule has 21 heavy (non-hydrogen) atoms. The Morgan fingerprint density at radius 2 is 2.00 bits per heavy atom. The number of nitrogens with one attached hydrogen (secondary N) is 1. The Balaban J connectivity index is 2.03. The number of aromatic nitrogens is 2. The zero-order chi connectivity index (χ0) is 15.6. The molecule has 0 saturated carbocycles. The highest BCUT2D eigenvalue weighted by Gasteiger charge is 2.33. The van der Waals surface area contributed by atoms with Crippen molar-refractivity contribution >= 4 is 34.8 Å². The molecule has 2 aromatic rings. The fourth-order valence-corrected chi connectivity index (χ4v) is 1.98. The number of rotatable bonds is 3. The summed E-state index contributed by atoms with van der Waals surface area (Å²) in [6, 6.07) is 5.25. The first kappa shape index (κ1) is 15.7. The number of anilines is 1. The smallest absolute Gasteiger partial charge is 0.323 e. The molecule has 1 amide bonds. The van der Waals surface area contributed by atoms with Crippen molar-refractivity contribution < 1.29 is 18.0 Å². The largest absolute Gasteiger partial charge is 0.435 e. The van der Waals surface area contributed by atoms with Crippen LogP contribution < -0.4 is 5.32 Å². The van der Waals surface area contributed by atoms with Gasteiger partial charge in [-0.25, -0.2) is 0 Å². The first-order valence-electron chi connectivity index (χ1n) is 5.61. The second-order valence-electron chi connectivity index (χ2n) is 4.07. The molecule has 0 aliphatic carbocycles. The highest BCUT2D eigenvalue weighted by atomic mass is 35.5. The third kappa shape index (κ3) is 4.12. The lowest BCUT2D eigenvalue weighted by Gasteiger charge is -2.07. The Morgan fingerprint density at radius 3 is 2.57 bits per heavy atom. The van der Waals surface area contributed by atoms with Gasteiger partial charge in [-0.15, -0.1) is 0 Å². The Hall–Kier alpha value is -1.73. The summed E-state index contributed by atoms with van der Waals surface area (Å²) in [7, 11) is 0. The summed E-state index contributed by atoms with van der Waals surface area (Å²) in [4.78, 5) is 11.7. The van der Waals surface area contributed by atoms with Crippen molar-refractivity contribution in [3.63, 3.8) is 0 Å². The van der Waals surface area contributed by atoms with Crippen LogP contribution in [0.3, 0.4) is 0 Å². The van der Waals surface area contributed by atoms with Gasteiger partial charge < -0.3 is 5.32 Å². The molecule has 0 spiro atoms. The van der Waals surface area contributed by atoms with E-state index in [0.717, 1.165) is 16.9 Å². The molecule has 0 aliphatic heterocycles. The van der Waals surface area contributed by atoms with E-state index in [1.165, 1.54) is 18.2 Å². The van der Waals surface area contributed by atoms with Crippen molar-refractivity contribution in [2.75, 3.05) is 5.32 Å². The molecule has 1 heterocycles. The van der Waals surface area contributed by atoms with Crippen LogP contribution in [0, 0.1) is 0 Å². The topological polar surface area (TPSA) is 46.9 Å². The van der Waals surface area contributed by atoms with Crippen LogP contribution >= 0.6 is 23.2 Å². The molecule has 1 aromatic carbocycles. The molecular formula is C12H8Cl2F3N3O. The Kier molecular flexibility index (Phi) is 4.43. The number of hydrogen-bond donors (Lipinski definition) is 1. The molecule has 4 nitrogen and oxygen atoms in total. The van der Waals surface area contributed by atoms with Gasteiger partial charge in [0.1, 0.15) is 6.54 Å². The maximum absolute atomic E-state index is 12.4. The molecule has 0 aliphatic rings. The maximum Gasteiger partial charge on any atom is 0.435 e. The van der Waals surface area contributed by atoms with E-state index < -0.39 is 17.8 Å². The molecule has 2 rings (SSSR count). The Morgan fingerprint density at radius 1 is 1.29 bits per heavy atom. The van der Waals surface area contributed by atoms with Crippen molar-refractivity contribution in [2.24, 2.45) is 0 Å². The van der Waals surface area contributed by atoms with E-state index in [0.29, 0.717) is 10.7 Å². The summed E-state index contributed by atoms with van der Waals surface area (Å²) in [5.41, 5.74) is -0.742. The van der Waals surface area contributed by atoms with E-state index in [-0.39, 0.29) is 11.6 Å². The van der Waals surface area contributed by atoms with Crippen LogP contribution in [0.25, 0.3) is 0 Å². The first-order chi connectivity index (χ1) is 9.75. The van der Waals surface area contributed by atoms with Crippen molar-refractivity contribution in [3.8, 4) is 0 Å². The summed E-state index contributed by atoms with van der Waals surface area (Å²) in [6.07, 6.45) is -3.47. The van der Waals surface area contributed by atoms with Gasteiger partial charge in [0.15, 0.2) is 5.69 Å². The third-order valence-electron chi connectivity index (χ3n) is 2.44. The summed E-state index contributed by atoms with van der Waals surface area (Å²) < 4.78 is 38.0. The lowest BCUT2D eigenvalue weighted by atomic mass is 10.3. The van der Waals surface area contributed by atoms with Gasteiger partial charge in [0.25, 0.3) is 0 Å². The summed E-state index contributed by atoms with van der Waals surface area (Å²) in [5.74, 6) is -0.559. The van der Waals surface area contributed by atoms with Crippen molar-refractivity contribution in [3.05, 3.63) is 46.2 Å². The van der Waals surface area contributed by atoms with E-state index >= 15 is 0 Å². The fourth-order valence-electron chi connectivity index (χ4n) is 1.53. The number of hydrogen-bond acceptors (Lipinski definition) is 2. The second kappa shape index (κ2) is 5.95. The van der Waals surface area contributed by atoms with Crippen LogP contribution in [0.15, 0.2) is 30.5 Å². The van der Waals surface area contributed by atoms with E-state index in [1.54, 1.807) is 0 Å². The van der Waals surface area contributed by atoms with Gasteiger partial charge in [-0.1, -0.05) is 23.2 Å². The molecule has 0 unspecified atom stereocenters. The second-order valence-corrected chi connectivity index (χ2v) is 4.91. The standard InChI is InChI=1S/C12H8Cl2F3N3O/c13-7-1-2-9(8(14)5-7)18-11(21)6-20-4-3-10(19-20)12(15,16)17/h1-5H,6H2,(H,18,21). The van der Waals surface area contributed by atoms with Crippen molar-refractivity contribution in [1.29, 1.82) is 0 Å². The summed E-state index contributed by atoms with van der Waals surface area (Å²) in [6.45, 7) is -0.366. The number of halogens is 5. The number of carbonyl (C=O) groups excluding carboxylic acids is 1. The highest BCUT2D eigenvalue weighted by Crippen LogP contribution is 2.27. The number of carbonyl (C=O) groups is 1. The molecule has 1 aromatic heterocycles. The SMILES string of the molecule is O=C(Cn1ccc(C(F)(F)F)n1)Nc1ccc(Cl)cc1Cl. The lowest BCUT2D eigenvalue weighted by Crippen LogP contribution is -2.20. The zero-order valence-electron chi connectivity index (χ0n) is 10.3. The minimum absolute atomic E-state index is 0.229. The van der Waals surface area contributed by atoms with Crippen LogP contribution in [0.2, 0.25) is 10.0 Å². The fraction of sp³-hybridized carbons (Fsp3) is 0.167. The van der Waals surface area contributed by atoms with E-state index in [2.05, 4.69) is 10.4 Å². The first-order valence-corrected chi connectivity index (χ1v) is 6.37. The van der Waals surface area contributed by atoms with Crippen molar-refractivity contribution in [1.82, 2.24) is 9.78 Å². The molecule has 9 heteroatoms. The van der Waals surface area contributed by atoms with Gasteiger partial charge in [-0.2, -0.15) is 18.3 Å². The average Bonchev–Trinajstić information content (AvgIpc) is 2.81. The molecular weight excluding hydrogens is 330 g/mol.